The van der Waals surface area contributed by atoms with Gasteiger partial charge in [-0.25, -0.2) is 0 Å². The number of hydrogen-bond donors (Lipinski definition) is 1. The molecule has 1 heterocycles. The van der Waals surface area contributed by atoms with E-state index in [1.807, 2.05) is 0 Å². The zero-order valence-corrected chi connectivity index (χ0v) is 9.81. The van der Waals surface area contributed by atoms with Crippen molar-refractivity contribution in [1.82, 2.24) is 10.1 Å². The third-order valence-corrected chi connectivity index (χ3v) is 2.08. The van der Waals surface area contributed by atoms with Crippen molar-refractivity contribution in [2.45, 2.75) is 25.3 Å². The van der Waals surface area contributed by atoms with Gasteiger partial charge in [-0.1, -0.05) is 5.16 Å². The Kier molecular flexibility index (Phi) is 5.99. The molecule has 0 spiro atoms. The molecule has 0 amide bonds. The maximum absolute atomic E-state index is 5.77. The van der Waals surface area contributed by atoms with Crippen molar-refractivity contribution in [3.8, 4) is 0 Å². The van der Waals surface area contributed by atoms with Crippen molar-refractivity contribution < 1.29 is 14.0 Å². The Bertz CT molecular complexity index is 291. The van der Waals surface area contributed by atoms with Crippen LogP contribution in [0.15, 0.2) is 4.52 Å². The topological polar surface area (TPSA) is 83.4 Å². The third-order valence-electron chi connectivity index (χ3n) is 2.08. The van der Waals surface area contributed by atoms with Gasteiger partial charge in [-0.2, -0.15) is 4.98 Å². The second-order valence-electron chi connectivity index (χ2n) is 3.62. The molecule has 1 aromatic rings. The molecule has 0 aromatic carbocycles. The summed E-state index contributed by atoms with van der Waals surface area (Å²) in [6.45, 7) is 1.19. The van der Waals surface area contributed by atoms with Gasteiger partial charge in [0.2, 0.25) is 5.89 Å². The number of methoxy groups -OCH3 is 2. The first-order valence-corrected chi connectivity index (χ1v) is 5.31. The van der Waals surface area contributed by atoms with Crippen molar-refractivity contribution in [3.05, 3.63) is 11.7 Å². The van der Waals surface area contributed by atoms with Crippen LogP contribution < -0.4 is 5.73 Å². The lowest BCUT2D eigenvalue weighted by Crippen LogP contribution is -2.28. The zero-order chi connectivity index (χ0) is 11.8. The van der Waals surface area contributed by atoms with E-state index in [9.17, 15) is 0 Å². The van der Waals surface area contributed by atoms with E-state index < -0.39 is 0 Å². The van der Waals surface area contributed by atoms with E-state index in [1.54, 1.807) is 14.2 Å². The predicted molar refractivity (Wildman–Crippen MR) is 58.1 cm³/mol. The fraction of sp³-hybridized carbons (Fsp3) is 0.800. The van der Waals surface area contributed by atoms with Crippen LogP contribution in [-0.2, 0) is 22.3 Å². The molecule has 0 aliphatic heterocycles. The van der Waals surface area contributed by atoms with E-state index in [4.69, 9.17) is 19.7 Å². The number of nitrogens with two attached hydrogens (primary N) is 1. The summed E-state index contributed by atoms with van der Waals surface area (Å²) in [4.78, 5) is 4.24. The summed E-state index contributed by atoms with van der Waals surface area (Å²) in [7, 11) is 3.29. The summed E-state index contributed by atoms with van der Waals surface area (Å²) in [5.41, 5.74) is 5.77. The molecule has 1 atom stereocenters. The van der Waals surface area contributed by atoms with Gasteiger partial charge in [0.1, 0.15) is 0 Å². The second-order valence-corrected chi connectivity index (χ2v) is 3.62. The minimum absolute atomic E-state index is 0.0997. The third kappa shape index (κ3) is 4.69. The van der Waals surface area contributed by atoms with Gasteiger partial charge >= 0.3 is 0 Å². The van der Waals surface area contributed by atoms with Crippen LogP contribution in [0, 0.1) is 0 Å². The lowest BCUT2D eigenvalue weighted by Gasteiger charge is -2.05. The molecule has 1 unspecified atom stereocenters. The molecule has 6 heteroatoms. The lowest BCUT2D eigenvalue weighted by atomic mass is 10.2. The molecular formula is C10H19N3O3. The Balaban J connectivity index is 2.33. The molecule has 92 valence electrons. The van der Waals surface area contributed by atoms with E-state index in [2.05, 4.69) is 10.1 Å². The first-order valence-electron chi connectivity index (χ1n) is 5.31. The molecule has 1 rings (SSSR count). The van der Waals surface area contributed by atoms with E-state index in [1.165, 1.54) is 0 Å². The van der Waals surface area contributed by atoms with Gasteiger partial charge in [-0.15, -0.1) is 0 Å². The highest BCUT2D eigenvalue weighted by Gasteiger charge is 2.10. The Morgan fingerprint density at radius 3 is 2.88 bits per heavy atom. The van der Waals surface area contributed by atoms with Crippen molar-refractivity contribution in [1.29, 1.82) is 0 Å². The Labute approximate surface area is 95.1 Å². The van der Waals surface area contributed by atoms with Gasteiger partial charge in [0.25, 0.3) is 0 Å². The average molecular weight is 229 g/mol. The van der Waals surface area contributed by atoms with E-state index in [-0.39, 0.29) is 6.04 Å². The summed E-state index contributed by atoms with van der Waals surface area (Å²) < 4.78 is 14.9. The maximum Gasteiger partial charge on any atom is 0.228 e. The Morgan fingerprint density at radius 2 is 2.19 bits per heavy atom. The quantitative estimate of drug-likeness (QED) is 0.639. The minimum atomic E-state index is -0.0997. The zero-order valence-electron chi connectivity index (χ0n) is 9.81. The fourth-order valence-corrected chi connectivity index (χ4v) is 1.35. The number of nitrogens with zero attached hydrogens (tertiary/aromatic N) is 2. The van der Waals surface area contributed by atoms with Gasteiger partial charge in [0.05, 0.1) is 6.61 Å². The highest BCUT2D eigenvalue weighted by Crippen LogP contribution is 2.03. The van der Waals surface area contributed by atoms with Gasteiger partial charge < -0.3 is 19.7 Å². The van der Waals surface area contributed by atoms with Crippen molar-refractivity contribution in [2.24, 2.45) is 5.73 Å². The highest BCUT2D eigenvalue weighted by atomic mass is 16.5. The van der Waals surface area contributed by atoms with Gasteiger partial charge in [0.15, 0.2) is 5.82 Å². The first-order chi connectivity index (χ1) is 7.76. The van der Waals surface area contributed by atoms with Crippen LogP contribution in [0.2, 0.25) is 0 Å². The maximum atomic E-state index is 5.77. The molecule has 6 nitrogen and oxygen atoms in total. The van der Waals surface area contributed by atoms with Crippen LogP contribution in [0.5, 0.6) is 0 Å². The number of ether oxygens (including phenoxy) is 2. The van der Waals surface area contributed by atoms with Crippen LogP contribution in [0.25, 0.3) is 0 Å². The summed E-state index contributed by atoms with van der Waals surface area (Å²) in [6, 6.07) is -0.0997. The standard InChI is InChI=1S/C10H19N3O3/c1-14-5-3-4-9-12-10(16-13-9)6-8(11)7-15-2/h8H,3-7,11H2,1-2H3. The highest BCUT2D eigenvalue weighted by molar-refractivity contribution is 4.89. The molecule has 0 bridgehead atoms. The van der Waals surface area contributed by atoms with Crippen molar-refractivity contribution in [2.75, 3.05) is 27.4 Å². The molecule has 0 fully saturated rings. The fourth-order valence-electron chi connectivity index (χ4n) is 1.35. The first kappa shape index (κ1) is 13.1. The monoisotopic (exact) mass is 229 g/mol. The molecule has 0 saturated carbocycles. The molecule has 1 aromatic heterocycles. The molecule has 16 heavy (non-hydrogen) atoms. The summed E-state index contributed by atoms with van der Waals surface area (Å²) in [5.74, 6) is 1.27. The van der Waals surface area contributed by atoms with Crippen LogP contribution in [0.1, 0.15) is 18.1 Å². The normalized spacial score (nSPS) is 12.9. The van der Waals surface area contributed by atoms with E-state index in [0.29, 0.717) is 31.3 Å². The van der Waals surface area contributed by atoms with Gasteiger partial charge in [0, 0.05) is 39.7 Å². The van der Waals surface area contributed by atoms with Gasteiger partial charge in [-0.05, 0) is 6.42 Å². The molecular weight excluding hydrogens is 210 g/mol. The molecule has 0 saturated heterocycles. The average Bonchev–Trinajstić information content (AvgIpc) is 2.66. The summed E-state index contributed by atoms with van der Waals surface area (Å²) >= 11 is 0. The minimum Gasteiger partial charge on any atom is -0.385 e. The predicted octanol–water partition coefficient (Wildman–Crippen LogP) is 0.165. The molecule has 0 aliphatic rings. The van der Waals surface area contributed by atoms with Gasteiger partial charge in [-0.3, -0.25) is 0 Å². The Morgan fingerprint density at radius 1 is 1.38 bits per heavy atom. The number of rotatable bonds is 8. The van der Waals surface area contributed by atoms with E-state index in [0.717, 1.165) is 12.8 Å². The number of hydrogen-bond acceptors (Lipinski definition) is 6. The second kappa shape index (κ2) is 7.32. The number of aromatic nitrogens is 2. The van der Waals surface area contributed by atoms with Crippen molar-refractivity contribution in [3.63, 3.8) is 0 Å². The summed E-state index contributed by atoms with van der Waals surface area (Å²) in [6.07, 6.45) is 2.20. The van der Waals surface area contributed by atoms with Crippen LogP contribution in [-0.4, -0.2) is 43.6 Å². The van der Waals surface area contributed by atoms with E-state index >= 15 is 0 Å². The summed E-state index contributed by atoms with van der Waals surface area (Å²) in [5, 5.41) is 3.86. The molecule has 2 N–H and O–H groups in total. The largest absolute Gasteiger partial charge is 0.385 e. The van der Waals surface area contributed by atoms with Crippen molar-refractivity contribution >= 4 is 0 Å². The molecule has 0 radical (unpaired) electrons. The van der Waals surface area contributed by atoms with Crippen LogP contribution in [0.3, 0.4) is 0 Å². The van der Waals surface area contributed by atoms with Crippen LogP contribution in [0.4, 0.5) is 0 Å². The van der Waals surface area contributed by atoms with Crippen LogP contribution >= 0.6 is 0 Å². The SMILES string of the molecule is COCCCc1noc(CC(N)COC)n1. The Hall–Kier alpha value is -0.980. The number of aryl methyl sites for hydroxylation is 1. The smallest absolute Gasteiger partial charge is 0.228 e. The lowest BCUT2D eigenvalue weighted by molar-refractivity contribution is 0.176. The molecule has 0 aliphatic carbocycles.